The highest BCUT2D eigenvalue weighted by molar-refractivity contribution is 7.89. The number of benzene rings is 2. The SMILES string of the molecule is CC(O)(CNS(=O)(=O)c1cc(F)cc(F)c1)c1ccc(F)cc1. The molecule has 4 nitrogen and oxygen atoms in total. The first-order chi connectivity index (χ1) is 10.6. The molecule has 2 aromatic rings. The van der Waals surface area contributed by atoms with E-state index < -0.39 is 44.5 Å². The van der Waals surface area contributed by atoms with Crippen LogP contribution < -0.4 is 4.72 Å². The van der Waals surface area contributed by atoms with Crippen LogP contribution in [0.25, 0.3) is 0 Å². The lowest BCUT2D eigenvalue weighted by Crippen LogP contribution is -2.38. The smallest absolute Gasteiger partial charge is 0.240 e. The molecule has 0 saturated carbocycles. The maximum atomic E-state index is 13.1. The number of aliphatic hydroxyl groups is 1. The number of nitrogens with one attached hydrogen (secondary N) is 1. The Morgan fingerprint density at radius 1 is 1.00 bits per heavy atom. The average molecular weight is 345 g/mol. The molecule has 0 saturated heterocycles. The number of sulfonamides is 1. The third-order valence-corrected chi connectivity index (χ3v) is 4.60. The fourth-order valence-electron chi connectivity index (χ4n) is 1.91. The van der Waals surface area contributed by atoms with Crippen LogP contribution >= 0.6 is 0 Å². The van der Waals surface area contributed by atoms with Gasteiger partial charge in [-0.1, -0.05) is 12.1 Å². The minimum Gasteiger partial charge on any atom is -0.384 e. The first-order valence-electron chi connectivity index (χ1n) is 6.54. The first kappa shape index (κ1) is 17.5. The highest BCUT2D eigenvalue weighted by Crippen LogP contribution is 2.21. The second-order valence-electron chi connectivity index (χ2n) is 5.21. The van der Waals surface area contributed by atoms with E-state index in [1.165, 1.54) is 19.1 Å². The van der Waals surface area contributed by atoms with Gasteiger partial charge < -0.3 is 5.11 Å². The molecule has 0 aliphatic rings. The largest absolute Gasteiger partial charge is 0.384 e. The fraction of sp³-hybridized carbons (Fsp3) is 0.200. The molecule has 0 radical (unpaired) electrons. The van der Waals surface area contributed by atoms with Gasteiger partial charge in [0.25, 0.3) is 0 Å². The summed E-state index contributed by atoms with van der Waals surface area (Å²) in [7, 11) is -4.22. The molecule has 2 N–H and O–H groups in total. The van der Waals surface area contributed by atoms with E-state index in [9.17, 15) is 26.7 Å². The summed E-state index contributed by atoms with van der Waals surface area (Å²) in [6.07, 6.45) is 0. The van der Waals surface area contributed by atoms with E-state index in [1.807, 2.05) is 0 Å². The Kier molecular flexibility index (Phi) is 4.79. The Hall–Kier alpha value is -1.90. The van der Waals surface area contributed by atoms with Crippen molar-refractivity contribution in [2.75, 3.05) is 6.54 Å². The molecule has 0 fully saturated rings. The van der Waals surface area contributed by atoms with Crippen molar-refractivity contribution in [1.82, 2.24) is 4.72 Å². The van der Waals surface area contributed by atoms with Crippen molar-refractivity contribution in [1.29, 1.82) is 0 Å². The van der Waals surface area contributed by atoms with Crippen molar-refractivity contribution >= 4 is 10.0 Å². The van der Waals surface area contributed by atoms with Gasteiger partial charge in [-0.15, -0.1) is 0 Å². The normalized spacial score (nSPS) is 14.5. The second-order valence-corrected chi connectivity index (χ2v) is 6.98. The van der Waals surface area contributed by atoms with Crippen molar-refractivity contribution in [2.45, 2.75) is 17.4 Å². The Balaban J connectivity index is 2.19. The van der Waals surface area contributed by atoms with Crippen molar-refractivity contribution in [3.05, 3.63) is 65.5 Å². The Morgan fingerprint density at radius 3 is 2.04 bits per heavy atom. The van der Waals surface area contributed by atoms with E-state index in [4.69, 9.17) is 0 Å². The maximum Gasteiger partial charge on any atom is 0.240 e. The van der Waals surface area contributed by atoms with Gasteiger partial charge in [-0.2, -0.15) is 0 Å². The molecule has 0 aliphatic heterocycles. The Bertz CT molecular complexity index is 785. The molecule has 124 valence electrons. The predicted octanol–water partition coefficient (Wildman–Crippen LogP) is 2.29. The van der Waals surface area contributed by atoms with Crippen LogP contribution in [-0.4, -0.2) is 20.1 Å². The van der Waals surface area contributed by atoms with Crippen molar-refractivity contribution in [3.8, 4) is 0 Å². The van der Waals surface area contributed by atoms with E-state index in [1.54, 1.807) is 0 Å². The van der Waals surface area contributed by atoms with Gasteiger partial charge in [0, 0.05) is 12.6 Å². The van der Waals surface area contributed by atoms with Crippen LogP contribution in [0.4, 0.5) is 13.2 Å². The molecule has 23 heavy (non-hydrogen) atoms. The highest BCUT2D eigenvalue weighted by atomic mass is 32.2. The lowest BCUT2D eigenvalue weighted by Gasteiger charge is -2.24. The van der Waals surface area contributed by atoms with Crippen LogP contribution in [0.3, 0.4) is 0 Å². The minimum absolute atomic E-state index is 0.284. The third kappa shape index (κ3) is 4.31. The standard InChI is InChI=1S/C15H14F3NO3S/c1-15(20,10-2-4-11(16)5-3-10)9-19-23(21,22)14-7-12(17)6-13(18)8-14/h2-8,19-20H,9H2,1H3. The van der Waals surface area contributed by atoms with E-state index >= 15 is 0 Å². The van der Waals surface area contributed by atoms with Crippen LogP contribution in [0.15, 0.2) is 47.4 Å². The summed E-state index contributed by atoms with van der Waals surface area (Å²) in [5, 5.41) is 10.3. The maximum absolute atomic E-state index is 13.1. The zero-order chi connectivity index (χ0) is 17.3. The van der Waals surface area contributed by atoms with Crippen LogP contribution in [0.5, 0.6) is 0 Å². The van der Waals surface area contributed by atoms with Gasteiger partial charge in [-0.25, -0.2) is 26.3 Å². The molecule has 0 aliphatic carbocycles. The molecule has 1 atom stereocenters. The molecule has 1 unspecified atom stereocenters. The Morgan fingerprint density at radius 2 is 1.52 bits per heavy atom. The summed E-state index contributed by atoms with van der Waals surface area (Å²) in [5.74, 6) is -2.56. The van der Waals surface area contributed by atoms with Gasteiger partial charge in [0.2, 0.25) is 10.0 Å². The van der Waals surface area contributed by atoms with Gasteiger partial charge in [0.05, 0.1) is 4.90 Å². The zero-order valence-electron chi connectivity index (χ0n) is 12.1. The van der Waals surface area contributed by atoms with E-state index in [2.05, 4.69) is 4.72 Å². The molecular formula is C15H14F3NO3S. The first-order valence-corrected chi connectivity index (χ1v) is 8.03. The van der Waals surface area contributed by atoms with E-state index in [-0.39, 0.29) is 5.56 Å². The van der Waals surface area contributed by atoms with Gasteiger partial charge in [0.15, 0.2) is 0 Å². The molecule has 8 heteroatoms. The lowest BCUT2D eigenvalue weighted by molar-refractivity contribution is 0.0627. The zero-order valence-corrected chi connectivity index (χ0v) is 12.9. The summed E-state index contributed by atoms with van der Waals surface area (Å²) in [4.78, 5) is -0.593. The fourth-order valence-corrected chi connectivity index (χ4v) is 3.09. The van der Waals surface area contributed by atoms with Crippen molar-refractivity contribution in [2.24, 2.45) is 0 Å². The highest BCUT2D eigenvalue weighted by Gasteiger charge is 2.26. The topological polar surface area (TPSA) is 66.4 Å². The van der Waals surface area contributed by atoms with Gasteiger partial charge in [-0.05, 0) is 36.8 Å². The van der Waals surface area contributed by atoms with Crippen molar-refractivity contribution in [3.63, 3.8) is 0 Å². The summed E-state index contributed by atoms with van der Waals surface area (Å²) < 4.78 is 65.3. The summed E-state index contributed by atoms with van der Waals surface area (Å²) in [6, 6.07) is 6.75. The summed E-state index contributed by atoms with van der Waals surface area (Å²) >= 11 is 0. The minimum atomic E-state index is -4.22. The number of halogens is 3. The van der Waals surface area contributed by atoms with E-state index in [0.717, 1.165) is 12.1 Å². The molecule has 0 amide bonds. The number of hydrogen-bond donors (Lipinski definition) is 2. The quantitative estimate of drug-likeness (QED) is 0.874. The number of hydrogen-bond acceptors (Lipinski definition) is 3. The molecule has 2 rings (SSSR count). The summed E-state index contributed by atoms with van der Waals surface area (Å²) in [6.45, 7) is 0.869. The van der Waals surface area contributed by atoms with Crippen LogP contribution in [0, 0.1) is 17.5 Å². The van der Waals surface area contributed by atoms with Crippen LogP contribution in [0.2, 0.25) is 0 Å². The molecule has 0 heterocycles. The molecule has 0 bridgehead atoms. The van der Waals surface area contributed by atoms with Gasteiger partial charge in [-0.3, -0.25) is 0 Å². The van der Waals surface area contributed by atoms with Crippen LogP contribution in [0.1, 0.15) is 12.5 Å². The van der Waals surface area contributed by atoms with Crippen molar-refractivity contribution < 1.29 is 26.7 Å². The Labute approximate surface area is 131 Å². The second kappa shape index (κ2) is 6.31. The van der Waals surface area contributed by atoms with Gasteiger partial charge in [0.1, 0.15) is 23.1 Å². The lowest BCUT2D eigenvalue weighted by atomic mass is 9.96. The molecular weight excluding hydrogens is 331 g/mol. The molecule has 0 aromatic heterocycles. The predicted molar refractivity (Wildman–Crippen MR) is 77.5 cm³/mol. The molecule has 2 aromatic carbocycles. The monoisotopic (exact) mass is 345 g/mol. The third-order valence-electron chi connectivity index (χ3n) is 3.22. The molecule has 0 spiro atoms. The van der Waals surface area contributed by atoms with E-state index in [0.29, 0.717) is 18.2 Å². The van der Waals surface area contributed by atoms with Crippen LogP contribution in [-0.2, 0) is 15.6 Å². The number of rotatable bonds is 5. The average Bonchev–Trinajstić information content (AvgIpc) is 2.45. The van der Waals surface area contributed by atoms with Gasteiger partial charge >= 0.3 is 0 Å². The summed E-state index contributed by atoms with van der Waals surface area (Å²) in [5.41, 5.74) is -1.35.